The molecule has 1 N–H and O–H groups in total. The van der Waals surface area contributed by atoms with E-state index in [4.69, 9.17) is 0 Å². The van der Waals surface area contributed by atoms with Crippen LogP contribution in [0.5, 0.6) is 0 Å². The van der Waals surface area contributed by atoms with E-state index in [1.165, 1.54) is 11.9 Å². The third kappa shape index (κ3) is 2.26. The molecule has 3 aromatic rings. The van der Waals surface area contributed by atoms with Crippen molar-refractivity contribution < 1.29 is 0 Å². The number of pyridine rings is 1. The third-order valence-electron chi connectivity index (χ3n) is 2.56. The Balaban J connectivity index is 1.94. The van der Waals surface area contributed by atoms with Crippen LogP contribution in [0.15, 0.2) is 46.4 Å². The van der Waals surface area contributed by atoms with E-state index in [1.54, 1.807) is 11.8 Å². The molecule has 1 aromatic carbocycles. The van der Waals surface area contributed by atoms with Crippen LogP contribution in [-0.4, -0.2) is 20.2 Å². The number of nitrogens with one attached hydrogen (secondary N) is 1. The monoisotopic (exact) mass is 320 g/mol. The molecule has 0 aliphatic rings. The van der Waals surface area contributed by atoms with Crippen molar-refractivity contribution in [1.82, 2.24) is 20.2 Å². The van der Waals surface area contributed by atoms with Gasteiger partial charge in [0.15, 0.2) is 5.16 Å². The van der Waals surface area contributed by atoms with Gasteiger partial charge in [0, 0.05) is 21.8 Å². The number of halogens is 1. The second-order valence-corrected chi connectivity index (χ2v) is 5.50. The lowest BCUT2D eigenvalue weighted by molar-refractivity contribution is 0.973. The van der Waals surface area contributed by atoms with Crippen LogP contribution in [0.25, 0.3) is 10.9 Å². The van der Waals surface area contributed by atoms with Gasteiger partial charge in [-0.25, -0.2) is 4.98 Å². The molecule has 6 heteroatoms. The van der Waals surface area contributed by atoms with Crippen LogP contribution in [0.3, 0.4) is 0 Å². The lowest BCUT2D eigenvalue weighted by atomic mass is 10.1. The SMILES string of the molecule is Brc1ccc(CSc2ncn[nH]2)c2ncccc12. The number of benzene rings is 1. The van der Waals surface area contributed by atoms with Crippen LogP contribution >= 0.6 is 27.7 Å². The van der Waals surface area contributed by atoms with Crippen molar-refractivity contribution >= 4 is 38.6 Å². The molecule has 0 unspecified atom stereocenters. The van der Waals surface area contributed by atoms with Gasteiger partial charge < -0.3 is 0 Å². The Morgan fingerprint density at radius 3 is 3.00 bits per heavy atom. The van der Waals surface area contributed by atoms with E-state index in [9.17, 15) is 0 Å². The predicted molar refractivity (Wildman–Crippen MR) is 75.4 cm³/mol. The molecule has 0 saturated carbocycles. The Morgan fingerprint density at radius 1 is 1.22 bits per heavy atom. The number of H-pyrrole nitrogens is 1. The van der Waals surface area contributed by atoms with Gasteiger partial charge in [0.1, 0.15) is 6.33 Å². The molecule has 0 saturated heterocycles. The average Bonchev–Trinajstić information content (AvgIpc) is 2.92. The number of aromatic nitrogens is 4. The van der Waals surface area contributed by atoms with E-state index in [0.717, 1.165) is 26.3 Å². The van der Waals surface area contributed by atoms with Crippen molar-refractivity contribution in [2.45, 2.75) is 10.9 Å². The van der Waals surface area contributed by atoms with E-state index in [0.29, 0.717) is 0 Å². The Hall–Kier alpha value is -1.40. The van der Waals surface area contributed by atoms with Gasteiger partial charge in [0.2, 0.25) is 0 Å². The molecule has 4 nitrogen and oxygen atoms in total. The molecule has 0 aliphatic carbocycles. The topological polar surface area (TPSA) is 54.5 Å². The maximum Gasteiger partial charge on any atom is 0.183 e. The first-order valence-corrected chi connectivity index (χ1v) is 7.13. The summed E-state index contributed by atoms with van der Waals surface area (Å²) in [5.41, 5.74) is 2.22. The standard InChI is InChI=1S/C12H9BrN4S/c13-10-4-3-8(6-18-12-15-7-16-17-12)11-9(10)2-1-5-14-11/h1-5,7H,6H2,(H,15,16,17). The van der Waals surface area contributed by atoms with E-state index in [2.05, 4.69) is 54.3 Å². The van der Waals surface area contributed by atoms with Crippen molar-refractivity contribution in [2.75, 3.05) is 0 Å². The smallest absolute Gasteiger partial charge is 0.183 e. The summed E-state index contributed by atoms with van der Waals surface area (Å²) in [6.45, 7) is 0. The van der Waals surface area contributed by atoms with E-state index in [1.807, 2.05) is 12.3 Å². The maximum atomic E-state index is 4.45. The van der Waals surface area contributed by atoms with Gasteiger partial charge in [0.05, 0.1) is 5.52 Å². The molecule has 3 rings (SSSR count). The van der Waals surface area contributed by atoms with E-state index >= 15 is 0 Å². The van der Waals surface area contributed by atoms with Crippen molar-refractivity contribution in [3.63, 3.8) is 0 Å². The van der Waals surface area contributed by atoms with E-state index < -0.39 is 0 Å². The van der Waals surface area contributed by atoms with Crippen LogP contribution in [-0.2, 0) is 5.75 Å². The van der Waals surface area contributed by atoms with Gasteiger partial charge in [-0.3, -0.25) is 10.1 Å². The summed E-state index contributed by atoms with van der Waals surface area (Å²) in [6.07, 6.45) is 3.33. The van der Waals surface area contributed by atoms with Crippen molar-refractivity contribution in [2.24, 2.45) is 0 Å². The normalized spacial score (nSPS) is 10.9. The fraction of sp³-hybridized carbons (Fsp3) is 0.0833. The van der Waals surface area contributed by atoms with Gasteiger partial charge in [-0.2, -0.15) is 5.10 Å². The molecule has 0 bridgehead atoms. The summed E-state index contributed by atoms with van der Waals surface area (Å²) in [6, 6.07) is 8.15. The summed E-state index contributed by atoms with van der Waals surface area (Å²) in [5, 5.41) is 8.62. The molecule has 2 heterocycles. The second-order valence-electron chi connectivity index (χ2n) is 3.69. The lowest BCUT2D eigenvalue weighted by Crippen LogP contribution is -1.88. The fourth-order valence-electron chi connectivity index (χ4n) is 1.72. The number of hydrogen-bond donors (Lipinski definition) is 1. The molecule has 18 heavy (non-hydrogen) atoms. The first kappa shape index (κ1) is 11.7. The Morgan fingerprint density at radius 2 is 2.17 bits per heavy atom. The van der Waals surface area contributed by atoms with Gasteiger partial charge in [0.25, 0.3) is 0 Å². The molecule has 0 amide bonds. The number of hydrogen-bond acceptors (Lipinski definition) is 4. The number of nitrogens with zero attached hydrogens (tertiary/aromatic N) is 3. The Bertz CT molecular complexity index is 669. The number of thioether (sulfide) groups is 1. The zero-order valence-corrected chi connectivity index (χ0v) is 11.7. The third-order valence-corrected chi connectivity index (χ3v) is 4.17. The Kier molecular flexibility index (Phi) is 3.29. The first-order chi connectivity index (χ1) is 8.84. The highest BCUT2D eigenvalue weighted by Crippen LogP contribution is 2.28. The largest absolute Gasteiger partial charge is 0.256 e. The molecule has 0 atom stereocenters. The molecule has 2 aromatic heterocycles. The van der Waals surface area contributed by atoms with Crippen molar-refractivity contribution in [1.29, 1.82) is 0 Å². The minimum atomic E-state index is 0.815. The molecule has 90 valence electrons. The van der Waals surface area contributed by atoms with Crippen LogP contribution in [0.2, 0.25) is 0 Å². The summed E-state index contributed by atoms with van der Waals surface area (Å²) in [4.78, 5) is 8.55. The minimum absolute atomic E-state index is 0.815. The van der Waals surface area contributed by atoms with Gasteiger partial charge >= 0.3 is 0 Å². The van der Waals surface area contributed by atoms with Crippen LogP contribution in [0, 0.1) is 0 Å². The molecule has 0 fully saturated rings. The van der Waals surface area contributed by atoms with Crippen LogP contribution in [0.1, 0.15) is 5.56 Å². The molecule has 0 aliphatic heterocycles. The maximum absolute atomic E-state index is 4.45. The number of rotatable bonds is 3. The quantitative estimate of drug-likeness (QED) is 0.751. The van der Waals surface area contributed by atoms with Crippen LogP contribution in [0.4, 0.5) is 0 Å². The van der Waals surface area contributed by atoms with Gasteiger partial charge in [-0.1, -0.05) is 39.8 Å². The molecule has 0 radical (unpaired) electrons. The predicted octanol–water partition coefficient (Wildman–Crippen LogP) is 3.41. The highest BCUT2D eigenvalue weighted by Gasteiger charge is 2.06. The lowest BCUT2D eigenvalue weighted by Gasteiger charge is -2.05. The van der Waals surface area contributed by atoms with Gasteiger partial charge in [-0.05, 0) is 17.7 Å². The highest BCUT2D eigenvalue weighted by molar-refractivity contribution is 9.10. The summed E-state index contributed by atoms with van der Waals surface area (Å²) >= 11 is 5.16. The highest BCUT2D eigenvalue weighted by atomic mass is 79.9. The average molecular weight is 321 g/mol. The summed E-state index contributed by atoms with van der Waals surface area (Å²) in [5.74, 6) is 0.815. The number of aromatic amines is 1. The number of fused-ring (bicyclic) bond motifs is 1. The van der Waals surface area contributed by atoms with Crippen LogP contribution < -0.4 is 0 Å². The van der Waals surface area contributed by atoms with Gasteiger partial charge in [-0.15, -0.1) is 0 Å². The molecular weight excluding hydrogens is 312 g/mol. The zero-order valence-electron chi connectivity index (χ0n) is 9.30. The Labute approximate surface area is 116 Å². The minimum Gasteiger partial charge on any atom is -0.256 e. The molecule has 0 spiro atoms. The first-order valence-electron chi connectivity index (χ1n) is 5.35. The second kappa shape index (κ2) is 5.07. The zero-order chi connectivity index (χ0) is 12.4. The van der Waals surface area contributed by atoms with Crippen molar-refractivity contribution in [3.05, 3.63) is 46.8 Å². The molecular formula is C12H9BrN4S. The summed E-state index contributed by atoms with van der Waals surface area (Å²) in [7, 11) is 0. The van der Waals surface area contributed by atoms with Crippen molar-refractivity contribution in [3.8, 4) is 0 Å². The fourth-order valence-corrected chi connectivity index (χ4v) is 2.94. The summed E-state index contributed by atoms with van der Waals surface area (Å²) < 4.78 is 1.07. The van der Waals surface area contributed by atoms with E-state index in [-0.39, 0.29) is 0 Å².